The summed E-state index contributed by atoms with van der Waals surface area (Å²) in [6.07, 6.45) is 1.57. The number of aromatic nitrogens is 2. The Balaban J connectivity index is 2.21. The number of nitrogens with two attached hydrogens (primary N) is 2. The van der Waals surface area contributed by atoms with E-state index in [-0.39, 0.29) is 18.5 Å². The number of carboxylic acids is 1. The van der Waals surface area contributed by atoms with Crippen LogP contribution in [0, 0.1) is 6.92 Å². The van der Waals surface area contributed by atoms with Gasteiger partial charge in [0.05, 0.1) is 18.0 Å². The SMILES string of the molecule is Cc1nc(N=C(N)N)sc1C(=O)n1cccc1COCC(=O)O. The third-order valence-electron chi connectivity index (χ3n) is 2.73. The number of rotatable bonds is 6. The standard InChI is InChI=1S/C13H15N5O4S/c1-7-10(23-13(16-7)17-12(14)15)11(21)18-4-2-3-8(18)5-22-6-9(19)20/h2-4H,5-6H2,1H3,(H,19,20)(H4,14,15,16,17). The van der Waals surface area contributed by atoms with Crippen LogP contribution in [0.2, 0.25) is 0 Å². The maximum atomic E-state index is 12.6. The molecule has 2 aromatic heterocycles. The Bertz CT molecular complexity index is 760. The van der Waals surface area contributed by atoms with Gasteiger partial charge in [-0.05, 0) is 19.1 Å². The van der Waals surface area contributed by atoms with Crippen LogP contribution in [0.4, 0.5) is 5.13 Å². The summed E-state index contributed by atoms with van der Waals surface area (Å²) in [5.41, 5.74) is 11.6. The summed E-state index contributed by atoms with van der Waals surface area (Å²) < 4.78 is 6.39. The van der Waals surface area contributed by atoms with Crippen LogP contribution < -0.4 is 11.5 Å². The molecule has 0 amide bonds. The van der Waals surface area contributed by atoms with Crippen molar-refractivity contribution in [1.29, 1.82) is 0 Å². The largest absolute Gasteiger partial charge is 0.480 e. The fourth-order valence-electron chi connectivity index (χ4n) is 1.82. The lowest BCUT2D eigenvalue weighted by Gasteiger charge is -2.07. The quantitative estimate of drug-likeness (QED) is 0.512. The van der Waals surface area contributed by atoms with Gasteiger partial charge in [-0.1, -0.05) is 11.3 Å². The van der Waals surface area contributed by atoms with Crippen LogP contribution >= 0.6 is 11.3 Å². The molecule has 0 saturated heterocycles. The van der Waals surface area contributed by atoms with E-state index in [1.807, 2.05) is 0 Å². The van der Waals surface area contributed by atoms with Crippen LogP contribution in [0.3, 0.4) is 0 Å². The number of hydrogen-bond acceptors (Lipinski definition) is 6. The first-order chi connectivity index (χ1) is 10.9. The summed E-state index contributed by atoms with van der Waals surface area (Å²) in [6.45, 7) is 1.25. The number of thiazole rings is 1. The average molecular weight is 337 g/mol. The summed E-state index contributed by atoms with van der Waals surface area (Å²) in [7, 11) is 0. The van der Waals surface area contributed by atoms with Crippen molar-refractivity contribution >= 4 is 34.3 Å². The average Bonchev–Trinajstić information content (AvgIpc) is 3.04. The van der Waals surface area contributed by atoms with Gasteiger partial charge in [0.1, 0.15) is 11.5 Å². The second kappa shape index (κ2) is 7.03. The molecule has 10 heteroatoms. The minimum absolute atomic E-state index is 0.00362. The van der Waals surface area contributed by atoms with Gasteiger partial charge in [-0.2, -0.15) is 4.99 Å². The highest BCUT2D eigenvalue weighted by Gasteiger charge is 2.19. The van der Waals surface area contributed by atoms with Gasteiger partial charge >= 0.3 is 5.97 Å². The van der Waals surface area contributed by atoms with Gasteiger partial charge in [-0.25, -0.2) is 9.78 Å². The molecule has 0 saturated carbocycles. The highest BCUT2D eigenvalue weighted by molar-refractivity contribution is 7.17. The summed E-state index contributed by atoms with van der Waals surface area (Å²) in [6, 6.07) is 3.34. The summed E-state index contributed by atoms with van der Waals surface area (Å²) >= 11 is 1.07. The van der Waals surface area contributed by atoms with E-state index in [0.29, 0.717) is 21.4 Å². The molecular weight excluding hydrogens is 322 g/mol. The summed E-state index contributed by atoms with van der Waals surface area (Å²) in [5, 5.41) is 8.86. The minimum Gasteiger partial charge on any atom is -0.480 e. The van der Waals surface area contributed by atoms with Crippen LogP contribution in [0.15, 0.2) is 23.3 Å². The number of nitrogens with zero attached hydrogens (tertiary/aromatic N) is 3. The lowest BCUT2D eigenvalue weighted by Crippen LogP contribution is -2.21. The number of aliphatic imine (C=N–C) groups is 1. The normalized spacial score (nSPS) is 10.5. The van der Waals surface area contributed by atoms with Gasteiger partial charge in [-0.3, -0.25) is 9.36 Å². The van der Waals surface area contributed by atoms with Crippen LogP contribution in [0.5, 0.6) is 0 Å². The molecule has 0 radical (unpaired) electrons. The first-order valence-electron chi connectivity index (χ1n) is 6.46. The Labute approximate surface area is 135 Å². The van der Waals surface area contributed by atoms with Crippen LogP contribution in [0.1, 0.15) is 21.1 Å². The van der Waals surface area contributed by atoms with Crippen molar-refractivity contribution in [3.05, 3.63) is 34.6 Å². The Kier molecular flexibility index (Phi) is 5.09. The van der Waals surface area contributed by atoms with Crippen molar-refractivity contribution in [3.8, 4) is 0 Å². The third-order valence-corrected chi connectivity index (χ3v) is 3.77. The number of hydrogen-bond donors (Lipinski definition) is 3. The molecule has 122 valence electrons. The van der Waals surface area contributed by atoms with E-state index in [2.05, 4.69) is 9.98 Å². The van der Waals surface area contributed by atoms with Gasteiger partial charge in [0.25, 0.3) is 5.91 Å². The number of carbonyl (C=O) groups is 2. The Morgan fingerprint density at radius 3 is 2.87 bits per heavy atom. The fourth-order valence-corrected chi connectivity index (χ4v) is 2.72. The molecule has 0 aliphatic carbocycles. The number of carboxylic acid groups (broad SMARTS) is 1. The molecule has 5 N–H and O–H groups in total. The smallest absolute Gasteiger partial charge is 0.329 e. The molecule has 0 fully saturated rings. The second-order valence-corrected chi connectivity index (χ2v) is 5.49. The second-order valence-electron chi connectivity index (χ2n) is 4.51. The van der Waals surface area contributed by atoms with E-state index in [4.69, 9.17) is 21.3 Å². The molecule has 2 heterocycles. The van der Waals surface area contributed by atoms with Crippen molar-refractivity contribution in [2.75, 3.05) is 6.61 Å². The summed E-state index contributed by atoms with van der Waals surface area (Å²) in [5.74, 6) is -1.52. The van der Waals surface area contributed by atoms with Crippen LogP contribution in [-0.2, 0) is 16.1 Å². The van der Waals surface area contributed by atoms with Crippen molar-refractivity contribution in [2.45, 2.75) is 13.5 Å². The van der Waals surface area contributed by atoms with Gasteiger partial charge in [0.15, 0.2) is 5.96 Å². The van der Waals surface area contributed by atoms with Gasteiger partial charge in [-0.15, -0.1) is 0 Å². The number of aryl methyl sites for hydroxylation is 1. The van der Waals surface area contributed by atoms with E-state index in [1.165, 1.54) is 4.57 Å². The van der Waals surface area contributed by atoms with E-state index >= 15 is 0 Å². The molecule has 2 rings (SSSR count). The van der Waals surface area contributed by atoms with Crippen LogP contribution in [-0.4, -0.2) is 39.1 Å². The van der Waals surface area contributed by atoms with Crippen molar-refractivity contribution in [3.63, 3.8) is 0 Å². The maximum Gasteiger partial charge on any atom is 0.329 e. The Morgan fingerprint density at radius 2 is 2.22 bits per heavy atom. The zero-order valence-electron chi connectivity index (χ0n) is 12.2. The van der Waals surface area contributed by atoms with Gasteiger partial charge < -0.3 is 21.3 Å². The van der Waals surface area contributed by atoms with Crippen molar-refractivity contribution in [1.82, 2.24) is 9.55 Å². The number of ether oxygens (including phenoxy) is 1. The first kappa shape index (κ1) is 16.6. The molecule has 23 heavy (non-hydrogen) atoms. The maximum absolute atomic E-state index is 12.6. The minimum atomic E-state index is -1.07. The number of carbonyl (C=O) groups excluding carboxylic acids is 1. The summed E-state index contributed by atoms with van der Waals surface area (Å²) in [4.78, 5) is 31.4. The zero-order valence-corrected chi connectivity index (χ0v) is 13.0. The molecule has 0 unspecified atom stereocenters. The highest BCUT2D eigenvalue weighted by Crippen LogP contribution is 2.26. The predicted octanol–water partition coefficient (Wildman–Crippen LogP) is 0.448. The Morgan fingerprint density at radius 1 is 1.48 bits per heavy atom. The molecule has 0 aliphatic heterocycles. The molecule has 0 aromatic carbocycles. The molecule has 0 bridgehead atoms. The van der Waals surface area contributed by atoms with E-state index < -0.39 is 12.6 Å². The van der Waals surface area contributed by atoms with Gasteiger partial charge in [0.2, 0.25) is 5.13 Å². The molecule has 0 aliphatic rings. The number of aliphatic carboxylic acids is 1. The lowest BCUT2D eigenvalue weighted by molar-refractivity contribution is -0.142. The fraction of sp³-hybridized carbons (Fsp3) is 0.231. The van der Waals surface area contributed by atoms with E-state index in [0.717, 1.165) is 11.3 Å². The first-order valence-corrected chi connectivity index (χ1v) is 7.27. The topological polar surface area (TPSA) is 146 Å². The van der Waals surface area contributed by atoms with E-state index in [1.54, 1.807) is 25.3 Å². The number of guanidine groups is 1. The van der Waals surface area contributed by atoms with Crippen molar-refractivity contribution < 1.29 is 19.4 Å². The monoisotopic (exact) mass is 337 g/mol. The van der Waals surface area contributed by atoms with Crippen molar-refractivity contribution in [2.24, 2.45) is 16.5 Å². The Hall–Kier alpha value is -2.72. The highest BCUT2D eigenvalue weighted by atomic mass is 32.1. The molecule has 0 atom stereocenters. The van der Waals surface area contributed by atoms with E-state index in [9.17, 15) is 9.59 Å². The van der Waals surface area contributed by atoms with Crippen LogP contribution in [0.25, 0.3) is 0 Å². The molecule has 9 nitrogen and oxygen atoms in total. The molecule has 0 spiro atoms. The lowest BCUT2D eigenvalue weighted by atomic mass is 10.3. The zero-order chi connectivity index (χ0) is 17.0. The molecular formula is C13H15N5O4S. The molecule has 2 aromatic rings. The third kappa shape index (κ3) is 4.14. The predicted molar refractivity (Wildman–Crippen MR) is 83.8 cm³/mol. The van der Waals surface area contributed by atoms with Gasteiger partial charge in [0, 0.05) is 6.20 Å².